The third-order valence-corrected chi connectivity index (χ3v) is 7.42. The van der Waals surface area contributed by atoms with Crippen LogP contribution in [0.5, 0.6) is 11.5 Å². The zero-order chi connectivity index (χ0) is 27.4. The second-order valence-corrected chi connectivity index (χ2v) is 10.5. The molecule has 0 aromatic heterocycles. The van der Waals surface area contributed by atoms with Gasteiger partial charge in [-0.05, 0) is 72.3 Å². The summed E-state index contributed by atoms with van der Waals surface area (Å²) in [4.78, 5) is 38.9. The molecule has 0 aliphatic carbocycles. The Kier molecular flexibility index (Phi) is 8.89. The average Bonchev–Trinajstić information content (AvgIpc) is 3.13. The van der Waals surface area contributed by atoms with Crippen LogP contribution in [-0.2, 0) is 16.2 Å². The third-order valence-electron chi connectivity index (χ3n) is 5.51. The van der Waals surface area contributed by atoms with Crippen LogP contribution in [0.25, 0.3) is 6.08 Å². The molecule has 3 aromatic carbocycles. The van der Waals surface area contributed by atoms with Gasteiger partial charge >= 0.3 is 0 Å². The Hall–Kier alpha value is -3.17. The first-order valence-corrected chi connectivity index (χ1v) is 13.2. The number of rotatable bonds is 8. The number of imide groups is 1. The molecule has 1 aliphatic heterocycles. The third kappa shape index (κ3) is 6.63. The Morgan fingerprint density at radius 3 is 2.50 bits per heavy atom. The molecular formula is C27H21Cl3N2O5S. The minimum atomic E-state index is -0.561. The predicted octanol–water partition coefficient (Wildman–Crippen LogP) is 7.22. The number of anilines is 1. The van der Waals surface area contributed by atoms with Crippen LogP contribution in [0, 0.1) is 6.92 Å². The van der Waals surface area contributed by atoms with Gasteiger partial charge in [0.05, 0.1) is 12.0 Å². The van der Waals surface area contributed by atoms with E-state index in [-0.39, 0.29) is 11.5 Å². The second kappa shape index (κ2) is 12.1. The first-order chi connectivity index (χ1) is 18.1. The lowest BCUT2D eigenvalue weighted by Crippen LogP contribution is -2.36. The summed E-state index contributed by atoms with van der Waals surface area (Å²) in [5.74, 6) is -0.179. The maximum Gasteiger partial charge on any atom is 0.294 e. The molecule has 7 nitrogen and oxygen atoms in total. The molecule has 3 amide bonds. The van der Waals surface area contributed by atoms with E-state index in [2.05, 4.69) is 5.32 Å². The molecule has 1 heterocycles. The van der Waals surface area contributed by atoms with Crippen molar-refractivity contribution >= 4 is 75.4 Å². The number of hydrogen-bond acceptors (Lipinski definition) is 6. The van der Waals surface area contributed by atoms with Gasteiger partial charge in [-0.15, -0.1) is 0 Å². The van der Waals surface area contributed by atoms with Gasteiger partial charge in [0.25, 0.3) is 11.1 Å². The highest BCUT2D eigenvalue weighted by atomic mass is 35.5. The molecule has 1 saturated heterocycles. The average molecular weight is 592 g/mol. The predicted molar refractivity (Wildman–Crippen MR) is 151 cm³/mol. The number of nitrogens with zero attached hydrogens (tertiary/aromatic N) is 1. The lowest BCUT2D eigenvalue weighted by Gasteiger charge is -2.13. The first kappa shape index (κ1) is 27.9. The van der Waals surface area contributed by atoms with E-state index < -0.39 is 23.6 Å². The number of amides is 3. The lowest BCUT2D eigenvalue weighted by atomic mass is 10.1. The van der Waals surface area contributed by atoms with E-state index in [0.29, 0.717) is 37.8 Å². The van der Waals surface area contributed by atoms with Crippen LogP contribution in [-0.4, -0.2) is 35.6 Å². The zero-order valence-corrected chi connectivity index (χ0v) is 23.3. The summed E-state index contributed by atoms with van der Waals surface area (Å²) in [7, 11) is 1.49. The molecule has 0 unspecified atom stereocenters. The fourth-order valence-corrected chi connectivity index (χ4v) is 4.97. The highest BCUT2D eigenvalue weighted by Crippen LogP contribution is 2.35. The van der Waals surface area contributed by atoms with Crippen LogP contribution in [0.2, 0.25) is 15.1 Å². The summed E-state index contributed by atoms with van der Waals surface area (Å²) < 4.78 is 11.3. The van der Waals surface area contributed by atoms with Crippen molar-refractivity contribution in [1.29, 1.82) is 0 Å². The molecule has 0 bridgehead atoms. The van der Waals surface area contributed by atoms with Gasteiger partial charge in [0.1, 0.15) is 13.2 Å². The Bertz CT molecular complexity index is 1460. The lowest BCUT2D eigenvalue weighted by molar-refractivity contribution is -0.127. The Morgan fingerprint density at radius 1 is 1.00 bits per heavy atom. The molecule has 0 radical (unpaired) electrons. The van der Waals surface area contributed by atoms with Crippen molar-refractivity contribution in [3.05, 3.63) is 91.3 Å². The highest BCUT2D eigenvalue weighted by molar-refractivity contribution is 8.18. The van der Waals surface area contributed by atoms with Crippen molar-refractivity contribution in [3.63, 3.8) is 0 Å². The Balaban J connectivity index is 1.43. The number of thioether (sulfide) groups is 1. The van der Waals surface area contributed by atoms with Crippen LogP contribution in [0.4, 0.5) is 10.5 Å². The fraction of sp³-hybridized carbons (Fsp3) is 0.148. The topological polar surface area (TPSA) is 84.9 Å². The zero-order valence-electron chi connectivity index (χ0n) is 20.2. The van der Waals surface area contributed by atoms with Gasteiger partial charge in [-0.25, -0.2) is 0 Å². The molecule has 38 heavy (non-hydrogen) atoms. The smallest absolute Gasteiger partial charge is 0.294 e. The normalized spacial score (nSPS) is 14.2. The molecule has 196 valence electrons. The van der Waals surface area contributed by atoms with Crippen LogP contribution < -0.4 is 14.8 Å². The van der Waals surface area contributed by atoms with Crippen molar-refractivity contribution in [2.75, 3.05) is 19.0 Å². The van der Waals surface area contributed by atoms with Crippen molar-refractivity contribution in [2.45, 2.75) is 13.5 Å². The maximum absolute atomic E-state index is 12.9. The standard InChI is InChI=1S/C27H21Cl3N2O5S/c1-15-3-7-19(12-20(15)29)31-25(33)13-32-26(34)24(38-27(32)35)10-16-4-8-22(23(9-16)36-2)37-14-17-5-6-18(28)11-21(17)30/h3-12H,13-14H2,1-2H3,(H,31,33)/b24-10+. The monoisotopic (exact) mass is 590 g/mol. The number of ether oxygens (including phenoxy) is 2. The van der Waals surface area contributed by atoms with Crippen LogP contribution in [0.1, 0.15) is 16.7 Å². The van der Waals surface area contributed by atoms with E-state index in [4.69, 9.17) is 44.3 Å². The minimum Gasteiger partial charge on any atom is -0.493 e. The SMILES string of the molecule is COc1cc(/C=C2/SC(=O)N(CC(=O)Nc3ccc(C)c(Cl)c3)C2=O)ccc1OCc1ccc(Cl)cc1Cl. The fourth-order valence-electron chi connectivity index (χ4n) is 3.49. The molecule has 4 rings (SSSR count). The highest BCUT2D eigenvalue weighted by Gasteiger charge is 2.36. The van der Waals surface area contributed by atoms with Gasteiger partial charge in [0.2, 0.25) is 5.91 Å². The Labute approximate surface area is 238 Å². The summed E-state index contributed by atoms with van der Waals surface area (Å²) >= 11 is 19.0. The number of aryl methyl sites for hydroxylation is 1. The van der Waals surface area contributed by atoms with Crippen LogP contribution in [0.3, 0.4) is 0 Å². The van der Waals surface area contributed by atoms with Crippen molar-refractivity contribution in [3.8, 4) is 11.5 Å². The molecule has 3 aromatic rings. The van der Waals surface area contributed by atoms with Gasteiger partial charge in [-0.2, -0.15) is 0 Å². The molecule has 1 aliphatic rings. The summed E-state index contributed by atoms with van der Waals surface area (Å²) in [5.41, 5.74) is 2.71. The van der Waals surface area contributed by atoms with Gasteiger partial charge in [-0.3, -0.25) is 19.3 Å². The van der Waals surface area contributed by atoms with E-state index in [1.165, 1.54) is 7.11 Å². The molecule has 0 saturated carbocycles. The number of benzene rings is 3. The quantitative estimate of drug-likeness (QED) is 0.279. The van der Waals surface area contributed by atoms with Gasteiger partial charge in [0.15, 0.2) is 11.5 Å². The number of carbonyl (C=O) groups excluding carboxylic acids is 3. The largest absolute Gasteiger partial charge is 0.493 e. The number of halogens is 3. The van der Waals surface area contributed by atoms with Gasteiger partial charge in [-0.1, -0.05) is 53.0 Å². The molecule has 11 heteroatoms. The number of hydrogen-bond donors (Lipinski definition) is 1. The molecular weight excluding hydrogens is 571 g/mol. The minimum absolute atomic E-state index is 0.185. The molecule has 0 atom stereocenters. The maximum atomic E-state index is 12.9. The summed E-state index contributed by atoms with van der Waals surface area (Å²) in [5, 5.41) is 3.63. The molecule has 1 fully saturated rings. The first-order valence-electron chi connectivity index (χ1n) is 11.2. The summed E-state index contributed by atoms with van der Waals surface area (Å²) in [6.45, 7) is 1.62. The van der Waals surface area contributed by atoms with Crippen molar-refractivity contribution in [1.82, 2.24) is 4.90 Å². The number of methoxy groups -OCH3 is 1. The van der Waals surface area contributed by atoms with Crippen molar-refractivity contribution < 1.29 is 23.9 Å². The van der Waals surface area contributed by atoms with Gasteiger partial charge in [0, 0.05) is 26.3 Å². The number of carbonyl (C=O) groups is 3. The Morgan fingerprint density at radius 2 is 1.79 bits per heavy atom. The van der Waals surface area contributed by atoms with E-state index in [0.717, 1.165) is 27.8 Å². The van der Waals surface area contributed by atoms with Gasteiger partial charge < -0.3 is 14.8 Å². The summed E-state index contributed by atoms with van der Waals surface area (Å²) in [6, 6.07) is 15.3. The summed E-state index contributed by atoms with van der Waals surface area (Å²) in [6.07, 6.45) is 1.56. The van der Waals surface area contributed by atoms with E-state index >= 15 is 0 Å². The van der Waals surface area contributed by atoms with E-state index in [1.807, 2.05) is 6.92 Å². The molecule has 0 spiro atoms. The second-order valence-electron chi connectivity index (χ2n) is 8.21. The molecule has 1 N–H and O–H groups in total. The van der Waals surface area contributed by atoms with E-state index in [1.54, 1.807) is 60.7 Å². The van der Waals surface area contributed by atoms with Crippen LogP contribution in [0.15, 0.2) is 59.5 Å². The van der Waals surface area contributed by atoms with E-state index in [9.17, 15) is 14.4 Å². The number of nitrogens with one attached hydrogen (secondary N) is 1. The van der Waals surface area contributed by atoms with Crippen LogP contribution >= 0.6 is 46.6 Å². The van der Waals surface area contributed by atoms with Crippen molar-refractivity contribution in [2.24, 2.45) is 0 Å².